The molecule has 1 aromatic rings. The zero-order valence-electron chi connectivity index (χ0n) is 13.2. The van der Waals surface area contributed by atoms with Crippen molar-refractivity contribution in [3.05, 3.63) is 23.8 Å². The number of sulfonamides is 1. The van der Waals surface area contributed by atoms with Gasteiger partial charge in [0.05, 0.1) is 20.0 Å². The van der Waals surface area contributed by atoms with Gasteiger partial charge < -0.3 is 14.4 Å². The predicted molar refractivity (Wildman–Crippen MR) is 83.4 cm³/mol. The molecule has 0 aromatic heterocycles. The molecule has 0 fully saturated rings. The third-order valence-corrected chi connectivity index (χ3v) is 4.66. The van der Waals surface area contributed by atoms with Crippen LogP contribution in [-0.2, 0) is 10.0 Å². The summed E-state index contributed by atoms with van der Waals surface area (Å²) in [6.07, 6.45) is 0. The lowest BCUT2D eigenvalue weighted by atomic mass is 10.1. The standard InChI is InChI=1S/C14H24N2O4S/c1-6-21(17,18)15-10-12(16(2)3)11-7-8-13(19-4)14(9-11)20-5/h7-9,12,15H,6,10H2,1-5H3. The number of methoxy groups -OCH3 is 2. The second-order valence-electron chi connectivity index (χ2n) is 4.85. The van der Waals surface area contributed by atoms with E-state index in [1.165, 1.54) is 0 Å². The molecule has 1 N–H and O–H groups in total. The van der Waals surface area contributed by atoms with Crippen molar-refractivity contribution in [3.8, 4) is 11.5 Å². The number of hydrogen-bond donors (Lipinski definition) is 1. The highest BCUT2D eigenvalue weighted by Crippen LogP contribution is 2.31. The van der Waals surface area contributed by atoms with Crippen LogP contribution in [0.1, 0.15) is 18.5 Å². The maximum atomic E-state index is 11.6. The van der Waals surface area contributed by atoms with Gasteiger partial charge in [-0.05, 0) is 38.7 Å². The summed E-state index contributed by atoms with van der Waals surface area (Å²) < 4.78 is 36.3. The molecule has 1 unspecified atom stereocenters. The lowest BCUT2D eigenvalue weighted by Gasteiger charge is -2.25. The highest BCUT2D eigenvalue weighted by atomic mass is 32.2. The molecule has 6 nitrogen and oxygen atoms in total. The van der Waals surface area contributed by atoms with Crippen LogP contribution in [0.2, 0.25) is 0 Å². The van der Waals surface area contributed by atoms with Crippen LogP contribution in [0.5, 0.6) is 11.5 Å². The fourth-order valence-corrected chi connectivity index (χ4v) is 2.58. The summed E-state index contributed by atoms with van der Waals surface area (Å²) in [6, 6.07) is 5.50. The summed E-state index contributed by atoms with van der Waals surface area (Å²) in [5.74, 6) is 1.34. The summed E-state index contributed by atoms with van der Waals surface area (Å²) in [5, 5.41) is 0. The first-order chi connectivity index (χ1) is 9.84. The fourth-order valence-electron chi connectivity index (χ4n) is 1.97. The first-order valence-corrected chi connectivity index (χ1v) is 8.35. The molecule has 0 saturated carbocycles. The third kappa shape index (κ3) is 4.87. The number of hydrogen-bond acceptors (Lipinski definition) is 5. The second kappa shape index (κ2) is 7.63. The molecule has 0 saturated heterocycles. The molecule has 120 valence electrons. The molecule has 0 aliphatic carbocycles. The Labute approximate surface area is 127 Å². The lowest BCUT2D eigenvalue weighted by Crippen LogP contribution is -2.35. The highest BCUT2D eigenvalue weighted by molar-refractivity contribution is 7.89. The Kier molecular flexibility index (Phi) is 6.44. The first-order valence-electron chi connectivity index (χ1n) is 6.70. The number of nitrogens with zero attached hydrogens (tertiary/aromatic N) is 1. The minimum absolute atomic E-state index is 0.0685. The van der Waals surface area contributed by atoms with Crippen LogP contribution in [0.3, 0.4) is 0 Å². The van der Waals surface area contributed by atoms with Gasteiger partial charge in [-0.1, -0.05) is 6.07 Å². The zero-order valence-corrected chi connectivity index (χ0v) is 14.0. The highest BCUT2D eigenvalue weighted by Gasteiger charge is 2.19. The SMILES string of the molecule is CCS(=O)(=O)NCC(c1ccc(OC)c(OC)c1)N(C)C. The molecule has 0 spiro atoms. The maximum absolute atomic E-state index is 11.6. The molecule has 0 bridgehead atoms. The van der Waals surface area contributed by atoms with Crippen molar-refractivity contribution < 1.29 is 17.9 Å². The van der Waals surface area contributed by atoms with E-state index in [-0.39, 0.29) is 11.8 Å². The van der Waals surface area contributed by atoms with E-state index in [0.29, 0.717) is 18.0 Å². The summed E-state index contributed by atoms with van der Waals surface area (Å²) in [5.41, 5.74) is 0.955. The van der Waals surface area contributed by atoms with E-state index in [2.05, 4.69) is 4.72 Å². The van der Waals surface area contributed by atoms with E-state index in [4.69, 9.17) is 9.47 Å². The topological polar surface area (TPSA) is 67.9 Å². The van der Waals surface area contributed by atoms with Gasteiger partial charge in [0.15, 0.2) is 11.5 Å². The average molecular weight is 316 g/mol. The van der Waals surface area contributed by atoms with Crippen molar-refractivity contribution in [2.75, 3.05) is 40.6 Å². The van der Waals surface area contributed by atoms with Crippen molar-refractivity contribution >= 4 is 10.0 Å². The summed E-state index contributed by atoms with van der Waals surface area (Å²) in [6.45, 7) is 1.92. The van der Waals surface area contributed by atoms with Crippen LogP contribution < -0.4 is 14.2 Å². The lowest BCUT2D eigenvalue weighted by molar-refractivity contribution is 0.297. The van der Waals surface area contributed by atoms with Gasteiger partial charge in [-0.2, -0.15) is 0 Å². The molecule has 0 radical (unpaired) electrons. The molecule has 1 atom stereocenters. The quantitative estimate of drug-likeness (QED) is 0.782. The van der Waals surface area contributed by atoms with Crippen molar-refractivity contribution in [3.63, 3.8) is 0 Å². The van der Waals surface area contributed by atoms with Gasteiger partial charge in [-0.25, -0.2) is 13.1 Å². The largest absolute Gasteiger partial charge is 0.493 e. The predicted octanol–water partition coefficient (Wildman–Crippen LogP) is 1.25. The molecule has 0 aliphatic heterocycles. The Morgan fingerprint density at radius 2 is 1.81 bits per heavy atom. The summed E-state index contributed by atoms with van der Waals surface area (Å²) in [4.78, 5) is 1.96. The third-order valence-electron chi connectivity index (χ3n) is 3.29. The fraction of sp³-hybridized carbons (Fsp3) is 0.571. The van der Waals surface area contributed by atoms with Crippen LogP contribution in [0.4, 0.5) is 0 Å². The van der Waals surface area contributed by atoms with Gasteiger partial charge in [0.1, 0.15) is 0 Å². The molecular formula is C14H24N2O4S. The van der Waals surface area contributed by atoms with Crippen LogP contribution in [0, 0.1) is 0 Å². The Balaban J connectivity index is 3.01. The van der Waals surface area contributed by atoms with Crippen molar-refractivity contribution in [1.82, 2.24) is 9.62 Å². The maximum Gasteiger partial charge on any atom is 0.211 e. The van der Waals surface area contributed by atoms with Gasteiger partial charge in [-0.3, -0.25) is 0 Å². The zero-order chi connectivity index (χ0) is 16.0. The van der Waals surface area contributed by atoms with Gasteiger partial charge in [0, 0.05) is 12.6 Å². The van der Waals surface area contributed by atoms with Crippen LogP contribution in [0.15, 0.2) is 18.2 Å². The Hall–Kier alpha value is -1.31. The van der Waals surface area contributed by atoms with E-state index in [9.17, 15) is 8.42 Å². The number of rotatable bonds is 8. The molecule has 21 heavy (non-hydrogen) atoms. The van der Waals surface area contributed by atoms with Gasteiger partial charge in [-0.15, -0.1) is 0 Å². The van der Waals surface area contributed by atoms with Crippen LogP contribution in [0.25, 0.3) is 0 Å². The average Bonchev–Trinajstić information content (AvgIpc) is 2.46. The molecule has 7 heteroatoms. The molecule has 0 amide bonds. The number of nitrogens with one attached hydrogen (secondary N) is 1. The number of benzene rings is 1. The molecule has 0 aliphatic rings. The number of ether oxygens (including phenoxy) is 2. The smallest absolute Gasteiger partial charge is 0.211 e. The van der Waals surface area contributed by atoms with E-state index >= 15 is 0 Å². The minimum atomic E-state index is -3.22. The molecule has 0 heterocycles. The van der Waals surface area contributed by atoms with Gasteiger partial charge >= 0.3 is 0 Å². The Bertz CT molecular complexity index is 558. The number of likely N-dealkylation sites (N-methyl/N-ethyl adjacent to an activating group) is 1. The molecule has 1 aromatic carbocycles. The minimum Gasteiger partial charge on any atom is -0.493 e. The van der Waals surface area contributed by atoms with Gasteiger partial charge in [0.2, 0.25) is 10.0 Å². The first kappa shape index (κ1) is 17.7. The molecular weight excluding hydrogens is 292 g/mol. The van der Waals surface area contributed by atoms with E-state index in [0.717, 1.165) is 5.56 Å². The van der Waals surface area contributed by atoms with E-state index in [1.54, 1.807) is 21.1 Å². The van der Waals surface area contributed by atoms with E-state index < -0.39 is 10.0 Å². The van der Waals surface area contributed by atoms with E-state index in [1.807, 2.05) is 37.2 Å². The Morgan fingerprint density at radius 1 is 1.19 bits per heavy atom. The monoisotopic (exact) mass is 316 g/mol. The normalized spacial score (nSPS) is 13.2. The second-order valence-corrected chi connectivity index (χ2v) is 6.94. The van der Waals surface area contributed by atoms with Crippen LogP contribution in [-0.4, -0.2) is 53.9 Å². The van der Waals surface area contributed by atoms with Crippen LogP contribution >= 0.6 is 0 Å². The van der Waals surface area contributed by atoms with Crippen molar-refractivity contribution in [1.29, 1.82) is 0 Å². The van der Waals surface area contributed by atoms with Gasteiger partial charge in [0.25, 0.3) is 0 Å². The summed E-state index contributed by atoms with van der Waals surface area (Å²) >= 11 is 0. The Morgan fingerprint density at radius 3 is 2.29 bits per heavy atom. The van der Waals surface area contributed by atoms with Crippen molar-refractivity contribution in [2.45, 2.75) is 13.0 Å². The summed E-state index contributed by atoms with van der Waals surface area (Å²) in [7, 11) is 3.75. The van der Waals surface area contributed by atoms with Crippen molar-refractivity contribution in [2.24, 2.45) is 0 Å². The molecule has 1 rings (SSSR count).